The van der Waals surface area contributed by atoms with Crippen molar-refractivity contribution in [2.24, 2.45) is 0 Å². The van der Waals surface area contributed by atoms with Gasteiger partial charge in [0, 0.05) is 5.56 Å². The molecular formula is C8H6F2O2. The molecule has 0 aliphatic carbocycles. The minimum absolute atomic E-state index is 0.178. The van der Waals surface area contributed by atoms with E-state index < -0.39 is 17.7 Å². The lowest BCUT2D eigenvalue weighted by Gasteiger charge is -2.02. The van der Waals surface area contributed by atoms with E-state index in [4.69, 9.17) is 5.11 Å². The van der Waals surface area contributed by atoms with Crippen LogP contribution in [0.5, 0.6) is 5.75 Å². The summed E-state index contributed by atoms with van der Waals surface area (Å²) < 4.78 is 24.0. The van der Waals surface area contributed by atoms with Crippen molar-refractivity contribution in [3.05, 3.63) is 29.3 Å². The Morgan fingerprint density at radius 3 is 2.50 bits per heavy atom. The van der Waals surface area contributed by atoms with E-state index in [9.17, 15) is 13.6 Å². The van der Waals surface area contributed by atoms with Gasteiger partial charge in [-0.1, -0.05) is 6.07 Å². The normalized spacial score (nSPS) is 10.2. The van der Waals surface area contributed by atoms with E-state index in [0.29, 0.717) is 6.29 Å². The lowest BCUT2D eigenvalue weighted by atomic mass is 10.1. The molecule has 0 aliphatic heterocycles. The number of carbonyl (C=O) groups is 1. The van der Waals surface area contributed by atoms with E-state index in [2.05, 4.69) is 0 Å². The molecule has 0 aliphatic rings. The van der Waals surface area contributed by atoms with Crippen LogP contribution in [-0.4, -0.2) is 11.4 Å². The summed E-state index contributed by atoms with van der Waals surface area (Å²) in [7, 11) is 0. The van der Waals surface area contributed by atoms with Gasteiger partial charge in [-0.3, -0.25) is 4.79 Å². The van der Waals surface area contributed by atoms with Gasteiger partial charge < -0.3 is 5.11 Å². The third-order valence-electron chi connectivity index (χ3n) is 1.43. The molecule has 1 N–H and O–H groups in total. The molecule has 0 saturated carbocycles. The Kier molecular flexibility index (Phi) is 2.38. The highest BCUT2D eigenvalue weighted by atomic mass is 19.3. The van der Waals surface area contributed by atoms with Crippen LogP contribution >= 0.6 is 0 Å². The topological polar surface area (TPSA) is 37.3 Å². The standard InChI is InChI=1S/C8H6F2O2/c9-8(10)6-2-1-5(4-11)3-7(6)12/h1-4,8,12H. The maximum absolute atomic E-state index is 12.0. The van der Waals surface area contributed by atoms with E-state index in [1.165, 1.54) is 6.07 Å². The third-order valence-corrected chi connectivity index (χ3v) is 1.43. The zero-order chi connectivity index (χ0) is 9.14. The molecule has 0 fully saturated rings. The van der Waals surface area contributed by atoms with Gasteiger partial charge in [0.25, 0.3) is 6.43 Å². The molecule has 0 saturated heterocycles. The van der Waals surface area contributed by atoms with Gasteiger partial charge in [-0.2, -0.15) is 0 Å². The van der Waals surface area contributed by atoms with E-state index in [1.807, 2.05) is 0 Å². The highest BCUT2D eigenvalue weighted by molar-refractivity contribution is 5.75. The molecular weight excluding hydrogens is 166 g/mol. The second-order valence-corrected chi connectivity index (χ2v) is 2.24. The first-order valence-corrected chi connectivity index (χ1v) is 3.21. The van der Waals surface area contributed by atoms with E-state index in [-0.39, 0.29) is 5.56 Å². The quantitative estimate of drug-likeness (QED) is 0.694. The highest BCUT2D eigenvalue weighted by Crippen LogP contribution is 2.28. The smallest absolute Gasteiger partial charge is 0.267 e. The molecule has 1 rings (SSSR count). The Balaban J connectivity index is 3.11. The number of hydrogen-bond donors (Lipinski definition) is 1. The summed E-state index contributed by atoms with van der Waals surface area (Å²) in [6.07, 6.45) is -2.24. The summed E-state index contributed by atoms with van der Waals surface area (Å²) in [5, 5.41) is 8.95. The summed E-state index contributed by atoms with van der Waals surface area (Å²) in [4.78, 5) is 10.1. The number of hydrogen-bond acceptors (Lipinski definition) is 2. The van der Waals surface area contributed by atoms with Gasteiger partial charge in [0.05, 0.1) is 5.56 Å². The summed E-state index contributed by atoms with van der Waals surface area (Å²) in [5.41, 5.74) is -0.280. The maximum Gasteiger partial charge on any atom is 0.267 e. The second kappa shape index (κ2) is 3.30. The lowest BCUT2D eigenvalue weighted by Crippen LogP contribution is -1.87. The van der Waals surface area contributed by atoms with Crippen molar-refractivity contribution in [1.29, 1.82) is 0 Å². The molecule has 0 amide bonds. The molecule has 1 aromatic rings. The molecule has 0 radical (unpaired) electrons. The molecule has 0 heterocycles. The van der Waals surface area contributed by atoms with Crippen LogP contribution in [0, 0.1) is 0 Å². The Hall–Kier alpha value is -1.45. The summed E-state index contributed by atoms with van der Waals surface area (Å²) >= 11 is 0. The fourth-order valence-electron chi connectivity index (χ4n) is 0.819. The van der Waals surface area contributed by atoms with E-state index >= 15 is 0 Å². The molecule has 0 bridgehead atoms. The predicted octanol–water partition coefficient (Wildman–Crippen LogP) is 2.14. The number of carbonyl (C=O) groups excluding carboxylic acids is 1. The van der Waals surface area contributed by atoms with Crippen LogP contribution in [0.3, 0.4) is 0 Å². The Morgan fingerprint density at radius 1 is 1.42 bits per heavy atom. The lowest BCUT2D eigenvalue weighted by molar-refractivity contribution is 0.112. The van der Waals surface area contributed by atoms with Crippen molar-refractivity contribution < 1.29 is 18.7 Å². The molecule has 4 heteroatoms. The number of aldehydes is 1. The molecule has 0 aromatic heterocycles. The number of phenols is 1. The molecule has 0 unspecified atom stereocenters. The fraction of sp³-hybridized carbons (Fsp3) is 0.125. The zero-order valence-electron chi connectivity index (χ0n) is 6.00. The number of aromatic hydroxyl groups is 1. The predicted molar refractivity (Wildman–Crippen MR) is 38.5 cm³/mol. The van der Waals surface area contributed by atoms with Crippen molar-refractivity contribution >= 4 is 6.29 Å². The number of phenolic OH excluding ortho intramolecular Hbond substituents is 1. The van der Waals surface area contributed by atoms with E-state index in [0.717, 1.165) is 12.1 Å². The van der Waals surface area contributed by atoms with Gasteiger partial charge in [-0.25, -0.2) is 8.78 Å². The molecule has 0 atom stereocenters. The van der Waals surface area contributed by atoms with E-state index in [1.54, 1.807) is 0 Å². The summed E-state index contributed by atoms with van der Waals surface area (Å²) in [6.45, 7) is 0. The van der Waals surface area contributed by atoms with Gasteiger partial charge in [-0.15, -0.1) is 0 Å². The Morgan fingerprint density at radius 2 is 2.08 bits per heavy atom. The number of rotatable bonds is 2. The first kappa shape index (κ1) is 8.64. The number of alkyl halides is 2. The number of benzene rings is 1. The monoisotopic (exact) mass is 172 g/mol. The average molecular weight is 172 g/mol. The SMILES string of the molecule is O=Cc1ccc(C(F)F)c(O)c1. The van der Waals surface area contributed by atoms with Crippen molar-refractivity contribution in [3.8, 4) is 5.75 Å². The molecule has 12 heavy (non-hydrogen) atoms. The molecule has 2 nitrogen and oxygen atoms in total. The van der Waals surface area contributed by atoms with Gasteiger partial charge in [0.15, 0.2) is 0 Å². The van der Waals surface area contributed by atoms with Crippen molar-refractivity contribution in [2.75, 3.05) is 0 Å². The van der Waals surface area contributed by atoms with Crippen LogP contribution in [0.15, 0.2) is 18.2 Å². The molecule has 0 spiro atoms. The minimum atomic E-state index is -2.72. The first-order valence-electron chi connectivity index (χ1n) is 3.21. The van der Waals surface area contributed by atoms with Crippen molar-refractivity contribution in [2.45, 2.75) is 6.43 Å². The van der Waals surface area contributed by atoms with Crippen LogP contribution in [0.2, 0.25) is 0 Å². The maximum atomic E-state index is 12.0. The van der Waals surface area contributed by atoms with Crippen LogP contribution in [-0.2, 0) is 0 Å². The minimum Gasteiger partial charge on any atom is -0.507 e. The van der Waals surface area contributed by atoms with Gasteiger partial charge in [-0.05, 0) is 12.1 Å². The largest absolute Gasteiger partial charge is 0.507 e. The molecule has 64 valence electrons. The Bertz CT molecular complexity index is 297. The zero-order valence-corrected chi connectivity index (χ0v) is 6.00. The molecule has 1 aromatic carbocycles. The van der Waals surface area contributed by atoms with Crippen LogP contribution in [0.1, 0.15) is 22.3 Å². The Labute approximate surface area is 67.4 Å². The van der Waals surface area contributed by atoms with Crippen LogP contribution < -0.4 is 0 Å². The third kappa shape index (κ3) is 1.58. The van der Waals surface area contributed by atoms with Crippen LogP contribution in [0.25, 0.3) is 0 Å². The summed E-state index contributed by atoms with van der Waals surface area (Å²) in [5.74, 6) is -0.547. The van der Waals surface area contributed by atoms with Crippen molar-refractivity contribution in [1.82, 2.24) is 0 Å². The van der Waals surface area contributed by atoms with Gasteiger partial charge in [0.2, 0.25) is 0 Å². The first-order chi connectivity index (χ1) is 5.65. The van der Waals surface area contributed by atoms with Crippen molar-refractivity contribution in [3.63, 3.8) is 0 Å². The number of halogens is 2. The van der Waals surface area contributed by atoms with Crippen LogP contribution in [0.4, 0.5) is 8.78 Å². The highest BCUT2D eigenvalue weighted by Gasteiger charge is 2.11. The van der Waals surface area contributed by atoms with Gasteiger partial charge in [0.1, 0.15) is 12.0 Å². The fourth-order valence-corrected chi connectivity index (χ4v) is 0.819. The van der Waals surface area contributed by atoms with Gasteiger partial charge >= 0.3 is 0 Å². The average Bonchev–Trinajstić information content (AvgIpc) is 2.03. The second-order valence-electron chi connectivity index (χ2n) is 2.24. The summed E-state index contributed by atoms with van der Waals surface area (Å²) in [6, 6.07) is 3.27.